The Morgan fingerprint density at radius 1 is 1.31 bits per heavy atom. The fourth-order valence-electron chi connectivity index (χ4n) is 3.02. The topological polar surface area (TPSA) is 55.8 Å². The molecule has 0 aliphatic carbocycles. The molecule has 8 heteroatoms. The van der Waals surface area contributed by atoms with Crippen LogP contribution in [0.4, 0.5) is 0 Å². The SMILES string of the molecule is COC(=O)[C@H](c1ccccc1Cl)N1CCc2sc(OC(C)=O)cc2C1.Cl. The second kappa shape index (κ2) is 8.86. The standard InChI is InChI=1S/C18H18ClNO4S.ClH/c1-11(21)24-16-9-12-10-20(8-7-15(12)25-16)17(18(22)23-2)13-5-3-4-6-14(13)19;/h3-6,9,17H,7-8,10H2,1-2H3;1H/t17-;/m0./s1. The predicted molar refractivity (Wildman–Crippen MR) is 103 cm³/mol. The highest BCUT2D eigenvalue weighted by molar-refractivity contribution is 7.14. The number of fused-ring (bicyclic) bond motifs is 1. The number of ether oxygens (including phenoxy) is 2. The van der Waals surface area contributed by atoms with Crippen molar-refractivity contribution in [1.29, 1.82) is 0 Å². The molecule has 0 bridgehead atoms. The maximum Gasteiger partial charge on any atom is 0.327 e. The van der Waals surface area contributed by atoms with Gasteiger partial charge in [-0.15, -0.1) is 23.7 Å². The molecule has 26 heavy (non-hydrogen) atoms. The summed E-state index contributed by atoms with van der Waals surface area (Å²) in [5.41, 5.74) is 1.79. The van der Waals surface area contributed by atoms with Gasteiger partial charge in [0.05, 0.1) is 7.11 Å². The average Bonchev–Trinajstić information content (AvgIpc) is 2.97. The lowest BCUT2D eigenvalue weighted by Gasteiger charge is -2.33. The van der Waals surface area contributed by atoms with Gasteiger partial charge >= 0.3 is 11.9 Å². The summed E-state index contributed by atoms with van der Waals surface area (Å²) in [6.07, 6.45) is 0.777. The molecule has 0 spiro atoms. The van der Waals surface area contributed by atoms with Gasteiger partial charge in [0, 0.05) is 29.9 Å². The molecule has 0 N–H and O–H groups in total. The predicted octanol–water partition coefficient (Wildman–Crippen LogP) is 4.02. The summed E-state index contributed by atoms with van der Waals surface area (Å²) in [4.78, 5) is 26.8. The van der Waals surface area contributed by atoms with E-state index >= 15 is 0 Å². The average molecular weight is 416 g/mol. The Labute approximate surface area is 167 Å². The molecule has 0 saturated heterocycles. The highest BCUT2D eigenvalue weighted by Crippen LogP contribution is 2.37. The summed E-state index contributed by atoms with van der Waals surface area (Å²) in [7, 11) is 1.38. The highest BCUT2D eigenvalue weighted by atomic mass is 35.5. The van der Waals surface area contributed by atoms with Gasteiger partial charge in [0.15, 0.2) is 5.06 Å². The summed E-state index contributed by atoms with van der Waals surface area (Å²) < 4.78 is 10.2. The molecule has 1 aliphatic rings. The first kappa shape index (κ1) is 20.7. The molecule has 1 aromatic carbocycles. The number of benzene rings is 1. The van der Waals surface area contributed by atoms with Gasteiger partial charge in [-0.2, -0.15) is 0 Å². The summed E-state index contributed by atoms with van der Waals surface area (Å²) in [6.45, 7) is 2.64. The number of hydrogen-bond donors (Lipinski definition) is 0. The molecule has 1 aliphatic heterocycles. The molecule has 0 unspecified atom stereocenters. The number of thiophene rings is 1. The first-order chi connectivity index (χ1) is 12.0. The van der Waals surface area contributed by atoms with Crippen molar-refractivity contribution in [2.75, 3.05) is 13.7 Å². The third-order valence-corrected chi connectivity index (χ3v) is 5.57. The Bertz CT molecular complexity index is 808. The second-order valence-corrected chi connectivity index (χ2v) is 7.28. The molecule has 1 atom stereocenters. The van der Waals surface area contributed by atoms with E-state index < -0.39 is 6.04 Å². The Balaban J connectivity index is 0.00000243. The minimum atomic E-state index is -0.566. The maximum atomic E-state index is 12.4. The van der Waals surface area contributed by atoms with Crippen LogP contribution >= 0.6 is 35.3 Å². The minimum absolute atomic E-state index is 0. The van der Waals surface area contributed by atoms with Gasteiger partial charge in [-0.05, 0) is 29.7 Å². The minimum Gasteiger partial charge on any atom is -0.468 e. The highest BCUT2D eigenvalue weighted by Gasteiger charge is 2.33. The van der Waals surface area contributed by atoms with Crippen molar-refractivity contribution in [3.05, 3.63) is 51.4 Å². The largest absolute Gasteiger partial charge is 0.468 e. The van der Waals surface area contributed by atoms with Crippen molar-refractivity contribution in [2.45, 2.75) is 25.9 Å². The molecule has 3 rings (SSSR count). The molecule has 0 saturated carbocycles. The zero-order valence-corrected chi connectivity index (χ0v) is 16.7. The van der Waals surface area contributed by atoms with Crippen LogP contribution in [0.5, 0.6) is 5.06 Å². The third-order valence-electron chi connectivity index (χ3n) is 4.11. The van der Waals surface area contributed by atoms with Crippen LogP contribution in [0, 0.1) is 0 Å². The molecule has 2 aromatic rings. The molecule has 2 heterocycles. The van der Waals surface area contributed by atoms with Crippen LogP contribution in [-0.2, 0) is 27.3 Å². The fraction of sp³-hybridized carbons (Fsp3) is 0.333. The van der Waals surface area contributed by atoms with Gasteiger partial charge in [-0.1, -0.05) is 29.8 Å². The van der Waals surface area contributed by atoms with Crippen molar-refractivity contribution in [1.82, 2.24) is 4.90 Å². The molecule has 140 valence electrons. The van der Waals surface area contributed by atoms with E-state index in [1.54, 1.807) is 6.07 Å². The smallest absolute Gasteiger partial charge is 0.327 e. The number of rotatable bonds is 4. The van der Waals surface area contributed by atoms with E-state index in [1.807, 2.05) is 29.2 Å². The molecule has 0 amide bonds. The Morgan fingerprint density at radius 2 is 2.04 bits per heavy atom. The zero-order valence-electron chi connectivity index (χ0n) is 14.4. The first-order valence-corrected chi connectivity index (χ1v) is 9.05. The first-order valence-electron chi connectivity index (χ1n) is 7.86. The van der Waals surface area contributed by atoms with Crippen LogP contribution in [0.15, 0.2) is 30.3 Å². The van der Waals surface area contributed by atoms with E-state index in [-0.39, 0.29) is 24.3 Å². The maximum absolute atomic E-state index is 12.4. The van der Waals surface area contributed by atoms with E-state index in [0.717, 1.165) is 17.5 Å². The van der Waals surface area contributed by atoms with Crippen molar-refractivity contribution in [2.24, 2.45) is 0 Å². The summed E-state index contributed by atoms with van der Waals surface area (Å²) in [5, 5.41) is 1.13. The summed E-state index contributed by atoms with van der Waals surface area (Å²) in [6, 6.07) is 8.61. The molecular weight excluding hydrogens is 397 g/mol. The van der Waals surface area contributed by atoms with Gasteiger partial charge in [-0.25, -0.2) is 4.79 Å². The van der Waals surface area contributed by atoms with Crippen LogP contribution in [0.3, 0.4) is 0 Å². The lowest BCUT2D eigenvalue weighted by molar-refractivity contribution is -0.147. The third kappa shape index (κ3) is 4.38. The number of halogens is 2. The van der Waals surface area contributed by atoms with E-state index in [9.17, 15) is 9.59 Å². The normalized spacial score (nSPS) is 14.7. The molecule has 0 radical (unpaired) electrons. The lowest BCUT2D eigenvalue weighted by Crippen LogP contribution is -2.38. The van der Waals surface area contributed by atoms with Gasteiger partial charge in [0.1, 0.15) is 6.04 Å². The Hall–Kier alpha value is -1.60. The van der Waals surface area contributed by atoms with E-state index in [1.165, 1.54) is 30.2 Å². The number of nitrogens with zero attached hydrogens (tertiary/aromatic N) is 1. The van der Waals surface area contributed by atoms with E-state index in [4.69, 9.17) is 21.1 Å². The van der Waals surface area contributed by atoms with Crippen LogP contribution in [-0.4, -0.2) is 30.5 Å². The monoisotopic (exact) mass is 415 g/mol. The second-order valence-electron chi connectivity index (χ2n) is 5.78. The van der Waals surface area contributed by atoms with Crippen molar-refractivity contribution < 1.29 is 19.1 Å². The van der Waals surface area contributed by atoms with Crippen molar-refractivity contribution in [3.8, 4) is 5.06 Å². The molecule has 1 aromatic heterocycles. The molecular formula is C18H19Cl2NO4S. The number of carbonyl (C=O) groups excluding carboxylic acids is 2. The Morgan fingerprint density at radius 3 is 2.69 bits per heavy atom. The van der Waals surface area contributed by atoms with Crippen LogP contribution in [0.1, 0.15) is 29.0 Å². The van der Waals surface area contributed by atoms with Gasteiger partial charge in [0.2, 0.25) is 0 Å². The van der Waals surface area contributed by atoms with E-state index in [0.29, 0.717) is 23.2 Å². The number of methoxy groups -OCH3 is 1. The molecule has 0 fully saturated rings. The molecule has 5 nitrogen and oxygen atoms in total. The fourth-order valence-corrected chi connectivity index (χ4v) is 4.31. The van der Waals surface area contributed by atoms with Crippen molar-refractivity contribution in [3.63, 3.8) is 0 Å². The summed E-state index contributed by atoms with van der Waals surface area (Å²) >= 11 is 7.79. The van der Waals surface area contributed by atoms with E-state index in [2.05, 4.69) is 0 Å². The Kier molecular flexibility index (Phi) is 7.06. The number of esters is 2. The van der Waals surface area contributed by atoms with Crippen LogP contribution in [0.2, 0.25) is 5.02 Å². The van der Waals surface area contributed by atoms with Gasteiger partial charge in [-0.3, -0.25) is 9.69 Å². The van der Waals surface area contributed by atoms with Gasteiger partial charge in [0.25, 0.3) is 0 Å². The zero-order chi connectivity index (χ0) is 18.0. The van der Waals surface area contributed by atoms with Crippen molar-refractivity contribution >= 4 is 47.3 Å². The summed E-state index contributed by atoms with van der Waals surface area (Å²) in [5.74, 6) is -0.675. The quantitative estimate of drug-likeness (QED) is 0.705. The number of carbonyl (C=O) groups is 2. The van der Waals surface area contributed by atoms with Crippen LogP contribution < -0.4 is 4.74 Å². The van der Waals surface area contributed by atoms with Crippen LogP contribution in [0.25, 0.3) is 0 Å². The lowest BCUT2D eigenvalue weighted by atomic mass is 10.0. The van der Waals surface area contributed by atoms with Gasteiger partial charge < -0.3 is 9.47 Å². The number of hydrogen-bond acceptors (Lipinski definition) is 6.